The van der Waals surface area contributed by atoms with E-state index in [0.717, 1.165) is 13.0 Å². The van der Waals surface area contributed by atoms with Crippen molar-refractivity contribution in [3.05, 3.63) is 0 Å². The number of ether oxygens (including phenoxy) is 2. The molecule has 0 saturated carbocycles. The highest BCUT2D eigenvalue weighted by Gasteiger charge is 2.03. The van der Waals surface area contributed by atoms with Crippen molar-refractivity contribution < 1.29 is 14.3 Å². The van der Waals surface area contributed by atoms with Crippen molar-refractivity contribution in [1.29, 1.82) is 0 Å². The summed E-state index contributed by atoms with van der Waals surface area (Å²) in [6.45, 7) is 9.78. The number of esters is 1. The first-order chi connectivity index (χ1) is 7.52. The average Bonchev–Trinajstić information content (AvgIpc) is 2.19. The summed E-state index contributed by atoms with van der Waals surface area (Å²) >= 11 is 0. The zero-order valence-corrected chi connectivity index (χ0v) is 10.9. The Kier molecular flexibility index (Phi) is 9.24. The van der Waals surface area contributed by atoms with Gasteiger partial charge in [-0.25, -0.2) is 0 Å². The van der Waals surface area contributed by atoms with Crippen molar-refractivity contribution >= 4 is 5.97 Å². The molecule has 0 aromatic heterocycles. The molecule has 0 fully saturated rings. The van der Waals surface area contributed by atoms with E-state index in [9.17, 15) is 4.79 Å². The van der Waals surface area contributed by atoms with Crippen LogP contribution in [0.4, 0.5) is 0 Å². The van der Waals surface area contributed by atoms with E-state index >= 15 is 0 Å². The lowest BCUT2D eigenvalue weighted by Crippen LogP contribution is -2.24. The highest BCUT2D eigenvalue weighted by molar-refractivity contribution is 5.69. The summed E-state index contributed by atoms with van der Waals surface area (Å²) < 4.78 is 10.3. The molecule has 1 N–H and O–H groups in total. The summed E-state index contributed by atoms with van der Waals surface area (Å²) in [5.41, 5.74) is 0. The van der Waals surface area contributed by atoms with Gasteiger partial charge in [0.1, 0.15) is 6.61 Å². The van der Waals surface area contributed by atoms with Crippen molar-refractivity contribution in [2.24, 2.45) is 0 Å². The molecule has 0 amide bonds. The molecule has 0 aliphatic heterocycles. The zero-order valence-electron chi connectivity index (χ0n) is 10.9. The molecule has 0 saturated heterocycles. The maximum atomic E-state index is 11.2. The minimum absolute atomic E-state index is 0.141. The summed E-state index contributed by atoms with van der Waals surface area (Å²) in [5, 5.41) is 3.25. The van der Waals surface area contributed by atoms with Crippen LogP contribution in [-0.2, 0) is 14.3 Å². The molecule has 0 rings (SSSR count). The van der Waals surface area contributed by atoms with Crippen LogP contribution in [0.15, 0.2) is 0 Å². The zero-order chi connectivity index (χ0) is 12.4. The Balaban J connectivity index is 3.25. The molecule has 0 radical (unpaired) electrons. The van der Waals surface area contributed by atoms with Crippen LogP contribution < -0.4 is 5.32 Å². The molecular formula is C12H25NO3. The van der Waals surface area contributed by atoms with Crippen molar-refractivity contribution in [2.75, 3.05) is 19.8 Å². The molecule has 0 aliphatic carbocycles. The smallest absolute Gasteiger partial charge is 0.305 e. The minimum atomic E-state index is -0.141. The quantitative estimate of drug-likeness (QED) is 0.485. The predicted molar refractivity (Wildman–Crippen MR) is 64.4 cm³/mol. The molecule has 0 aromatic rings. The van der Waals surface area contributed by atoms with E-state index < -0.39 is 0 Å². The monoisotopic (exact) mass is 231 g/mol. The van der Waals surface area contributed by atoms with E-state index in [4.69, 9.17) is 9.47 Å². The SMILES string of the molecule is CC(C)NCCCC(=O)OCCOC(C)C. The molecule has 4 heteroatoms. The van der Waals surface area contributed by atoms with Gasteiger partial charge in [0.05, 0.1) is 12.7 Å². The summed E-state index contributed by atoms with van der Waals surface area (Å²) in [4.78, 5) is 11.2. The second-order valence-corrected chi connectivity index (χ2v) is 4.35. The number of nitrogens with one attached hydrogen (secondary N) is 1. The molecule has 0 atom stereocenters. The fourth-order valence-corrected chi connectivity index (χ4v) is 1.13. The second kappa shape index (κ2) is 9.60. The largest absolute Gasteiger partial charge is 0.463 e. The van der Waals surface area contributed by atoms with E-state index in [2.05, 4.69) is 19.2 Å². The summed E-state index contributed by atoms with van der Waals surface area (Å²) in [6, 6.07) is 0.468. The molecule has 96 valence electrons. The van der Waals surface area contributed by atoms with Crippen LogP contribution in [0.25, 0.3) is 0 Å². The molecule has 16 heavy (non-hydrogen) atoms. The Bertz CT molecular complexity index is 163. The predicted octanol–water partition coefficient (Wildman–Crippen LogP) is 1.73. The summed E-state index contributed by atoms with van der Waals surface area (Å²) in [6.07, 6.45) is 1.48. The van der Waals surface area contributed by atoms with Gasteiger partial charge in [-0.1, -0.05) is 13.8 Å². The van der Waals surface area contributed by atoms with E-state index in [1.54, 1.807) is 0 Å². The molecular weight excluding hydrogens is 206 g/mol. The van der Waals surface area contributed by atoms with Gasteiger partial charge in [0, 0.05) is 12.5 Å². The fraction of sp³-hybridized carbons (Fsp3) is 0.917. The van der Waals surface area contributed by atoms with E-state index in [-0.39, 0.29) is 12.1 Å². The van der Waals surface area contributed by atoms with Crippen molar-refractivity contribution in [1.82, 2.24) is 5.32 Å². The molecule has 0 spiro atoms. The van der Waals surface area contributed by atoms with Crippen molar-refractivity contribution in [2.45, 2.75) is 52.7 Å². The summed E-state index contributed by atoms with van der Waals surface area (Å²) in [7, 11) is 0. The van der Waals surface area contributed by atoms with Crippen LogP contribution in [0.3, 0.4) is 0 Å². The van der Waals surface area contributed by atoms with E-state index in [1.165, 1.54) is 0 Å². The van der Waals surface area contributed by atoms with Gasteiger partial charge in [-0.15, -0.1) is 0 Å². The Labute approximate surface area is 98.7 Å². The van der Waals surface area contributed by atoms with Gasteiger partial charge in [-0.3, -0.25) is 4.79 Å². The van der Waals surface area contributed by atoms with Gasteiger partial charge in [0.15, 0.2) is 0 Å². The third-order valence-corrected chi connectivity index (χ3v) is 1.91. The van der Waals surface area contributed by atoms with E-state index in [0.29, 0.717) is 25.7 Å². The van der Waals surface area contributed by atoms with Crippen molar-refractivity contribution in [3.63, 3.8) is 0 Å². The first-order valence-electron chi connectivity index (χ1n) is 6.03. The molecule has 4 nitrogen and oxygen atoms in total. The van der Waals surface area contributed by atoms with Crippen molar-refractivity contribution in [3.8, 4) is 0 Å². The molecule has 0 aliphatic rings. The minimum Gasteiger partial charge on any atom is -0.463 e. The number of hydrogen-bond acceptors (Lipinski definition) is 4. The number of carbonyl (C=O) groups is 1. The lowest BCUT2D eigenvalue weighted by Gasteiger charge is -2.09. The number of rotatable bonds is 9. The maximum absolute atomic E-state index is 11.2. The summed E-state index contributed by atoms with van der Waals surface area (Å²) in [5.74, 6) is -0.141. The van der Waals surface area contributed by atoms with E-state index in [1.807, 2.05) is 13.8 Å². The first-order valence-corrected chi connectivity index (χ1v) is 6.03. The van der Waals surface area contributed by atoms with Crippen LogP contribution in [0.1, 0.15) is 40.5 Å². The maximum Gasteiger partial charge on any atom is 0.305 e. The fourth-order valence-electron chi connectivity index (χ4n) is 1.13. The van der Waals surface area contributed by atoms with Crippen LogP contribution in [-0.4, -0.2) is 37.9 Å². The number of carbonyl (C=O) groups excluding carboxylic acids is 1. The van der Waals surface area contributed by atoms with Crippen LogP contribution >= 0.6 is 0 Å². The first kappa shape index (κ1) is 15.4. The molecule has 0 bridgehead atoms. The standard InChI is InChI=1S/C12H25NO3/c1-10(2)13-7-5-6-12(14)16-9-8-15-11(3)4/h10-11,13H,5-9H2,1-4H3. The van der Waals surface area contributed by atoms with Gasteiger partial charge in [0.2, 0.25) is 0 Å². The van der Waals surface area contributed by atoms with Gasteiger partial charge < -0.3 is 14.8 Å². The lowest BCUT2D eigenvalue weighted by atomic mass is 10.3. The van der Waals surface area contributed by atoms with Crippen LogP contribution in [0.5, 0.6) is 0 Å². The van der Waals surface area contributed by atoms with Gasteiger partial charge >= 0.3 is 5.97 Å². The molecule has 0 unspecified atom stereocenters. The van der Waals surface area contributed by atoms with Crippen LogP contribution in [0.2, 0.25) is 0 Å². The topological polar surface area (TPSA) is 47.6 Å². The Hall–Kier alpha value is -0.610. The highest BCUT2D eigenvalue weighted by atomic mass is 16.6. The Morgan fingerprint density at radius 3 is 2.44 bits per heavy atom. The Morgan fingerprint density at radius 2 is 1.88 bits per heavy atom. The third-order valence-electron chi connectivity index (χ3n) is 1.91. The highest BCUT2D eigenvalue weighted by Crippen LogP contribution is 1.94. The van der Waals surface area contributed by atoms with Gasteiger partial charge in [-0.05, 0) is 26.8 Å². The van der Waals surface area contributed by atoms with Gasteiger partial charge in [-0.2, -0.15) is 0 Å². The third kappa shape index (κ3) is 11.5. The lowest BCUT2D eigenvalue weighted by molar-refractivity contribution is -0.145. The van der Waals surface area contributed by atoms with Gasteiger partial charge in [0.25, 0.3) is 0 Å². The van der Waals surface area contributed by atoms with Crippen LogP contribution in [0, 0.1) is 0 Å². The normalized spacial score (nSPS) is 11.1. The number of hydrogen-bond donors (Lipinski definition) is 1. The second-order valence-electron chi connectivity index (χ2n) is 4.35. The Morgan fingerprint density at radius 1 is 1.19 bits per heavy atom. The average molecular weight is 231 g/mol. The molecule has 0 aromatic carbocycles. The molecule has 0 heterocycles.